The highest BCUT2D eigenvalue weighted by atomic mass is 32.2. The highest BCUT2D eigenvalue weighted by Crippen LogP contribution is 2.37. The van der Waals surface area contributed by atoms with E-state index in [1.165, 1.54) is 10.5 Å². The molecule has 0 aromatic heterocycles. The summed E-state index contributed by atoms with van der Waals surface area (Å²) >= 11 is 1.62. The summed E-state index contributed by atoms with van der Waals surface area (Å²) in [6.45, 7) is 0. The van der Waals surface area contributed by atoms with Crippen LogP contribution < -0.4 is 11.1 Å². The van der Waals surface area contributed by atoms with Crippen molar-refractivity contribution < 1.29 is 4.79 Å². The van der Waals surface area contributed by atoms with Crippen molar-refractivity contribution in [3.63, 3.8) is 0 Å². The van der Waals surface area contributed by atoms with Gasteiger partial charge in [-0.25, -0.2) is 0 Å². The number of nitrogen functional groups attached to an aromatic ring is 1. The van der Waals surface area contributed by atoms with Crippen LogP contribution in [0.25, 0.3) is 0 Å². The lowest BCUT2D eigenvalue weighted by Gasteiger charge is -2.11. The van der Waals surface area contributed by atoms with Gasteiger partial charge in [0, 0.05) is 4.90 Å². The zero-order valence-electron chi connectivity index (χ0n) is 10.3. The Hall–Kier alpha value is -1.94. The van der Waals surface area contributed by atoms with Crippen LogP contribution in [0, 0.1) is 0 Å². The molecule has 3 rings (SSSR count). The van der Waals surface area contributed by atoms with E-state index in [9.17, 15) is 4.79 Å². The molecule has 1 amide bonds. The van der Waals surface area contributed by atoms with E-state index in [4.69, 9.17) is 5.73 Å². The topological polar surface area (TPSA) is 55.1 Å². The predicted octanol–water partition coefficient (Wildman–Crippen LogP) is 2.92. The van der Waals surface area contributed by atoms with Crippen LogP contribution in [0.15, 0.2) is 53.4 Å². The molecule has 1 unspecified atom stereocenters. The highest BCUT2D eigenvalue weighted by molar-refractivity contribution is 8.01. The molecule has 1 atom stereocenters. The number of hydrogen-bond acceptors (Lipinski definition) is 3. The normalized spacial score (nSPS) is 16.9. The van der Waals surface area contributed by atoms with Crippen LogP contribution in [-0.2, 0) is 11.2 Å². The Kier molecular flexibility index (Phi) is 3.17. The molecular formula is C15H14N2OS. The van der Waals surface area contributed by atoms with Gasteiger partial charge in [-0.05, 0) is 30.2 Å². The van der Waals surface area contributed by atoms with E-state index in [2.05, 4.69) is 17.4 Å². The maximum atomic E-state index is 12.2. The third-order valence-corrected chi connectivity index (χ3v) is 4.48. The third kappa shape index (κ3) is 2.44. The number of hydrogen-bond donors (Lipinski definition) is 2. The van der Waals surface area contributed by atoms with Crippen molar-refractivity contribution in [3.8, 4) is 0 Å². The molecule has 1 heterocycles. The van der Waals surface area contributed by atoms with Crippen molar-refractivity contribution >= 4 is 29.0 Å². The van der Waals surface area contributed by atoms with Crippen LogP contribution in [0.1, 0.15) is 5.56 Å². The maximum absolute atomic E-state index is 12.2. The van der Waals surface area contributed by atoms with E-state index in [0.717, 1.165) is 6.42 Å². The van der Waals surface area contributed by atoms with E-state index in [0.29, 0.717) is 11.4 Å². The maximum Gasteiger partial charge on any atom is 0.238 e. The zero-order chi connectivity index (χ0) is 13.2. The fourth-order valence-electron chi connectivity index (χ4n) is 2.15. The first-order valence-electron chi connectivity index (χ1n) is 6.14. The molecule has 2 aromatic rings. The number of nitrogens with one attached hydrogen (secondary N) is 1. The van der Waals surface area contributed by atoms with Gasteiger partial charge in [0.05, 0.1) is 16.6 Å². The SMILES string of the molecule is Nc1ccccc1NC(=O)C1Cc2ccccc2S1. The van der Waals surface area contributed by atoms with Gasteiger partial charge in [-0.1, -0.05) is 30.3 Å². The molecule has 3 nitrogen and oxygen atoms in total. The molecule has 0 saturated carbocycles. The van der Waals surface area contributed by atoms with Gasteiger partial charge in [0.25, 0.3) is 0 Å². The van der Waals surface area contributed by atoms with Crippen LogP contribution in [0.3, 0.4) is 0 Å². The molecule has 3 N–H and O–H groups in total. The van der Waals surface area contributed by atoms with Gasteiger partial charge in [0.1, 0.15) is 0 Å². The van der Waals surface area contributed by atoms with E-state index < -0.39 is 0 Å². The fraction of sp³-hybridized carbons (Fsp3) is 0.133. The summed E-state index contributed by atoms with van der Waals surface area (Å²) in [4.78, 5) is 13.4. The summed E-state index contributed by atoms with van der Waals surface area (Å²) in [5.74, 6) is 0.0131. The molecule has 0 saturated heterocycles. The van der Waals surface area contributed by atoms with Crippen molar-refractivity contribution in [1.29, 1.82) is 0 Å². The van der Waals surface area contributed by atoms with Gasteiger partial charge in [-0.15, -0.1) is 11.8 Å². The fourth-order valence-corrected chi connectivity index (χ4v) is 3.35. The lowest BCUT2D eigenvalue weighted by molar-refractivity contribution is -0.115. The lowest BCUT2D eigenvalue weighted by atomic mass is 10.1. The number of carbonyl (C=O) groups is 1. The number of anilines is 2. The zero-order valence-corrected chi connectivity index (χ0v) is 11.1. The Morgan fingerprint density at radius 2 is 1.89 bits per heavy atom. The van der Waals surface area contributed by atoms with Gasteiger partial charge in [0.2, 0.25) is 5.91 Å². The van der Waals surface area contributed by atoms with Crippen LogP contribution in [0.4, 0.5) is 11.4 Å². The monoisotopic (exact) mass is 270 g/mol. The summed E-state index contributed by atoms with van der Waals surface area (Å²) in [5.41, 5.74) is 8.35. The van der Waals surface area contributed by atoms with Crippen molar-refractivity contribution in [1.82, 2.24) is 0 Å². The second-order valence-electron chi connectivity index (χ2n) is 4.49. The van der Waals surface area contributed by atoms with Crippen molar-refractivity contribution in [2.24, 2.45) is 0 Å². The molecule has 2 aromatic carbocycles. The molecule has 4 heteroatoms. The quantitative estimate of drug-likeness (QED) is 0.825. The number of para-hydroxylation sites is 2. The number of thioether (sulfide) groups is 1. The minimum Gasteiger partial charge on any atom is -0.397 e. The molecule has 19 heavy (non-hydrogen) atoms. The average Bonchev–Trinajstić information content (AvgIpc) is 2.85. The standard InChI is InChI=1S/C15H14N2OS/c16-11-6-2-3-7-12(11)17-15(18)14-9-10-5-1-4-8-13(10)19-14/h1-8,14H,9,16H2,(H,17,18). The molecule has 0 aliphatic carbocycles. The third-order valence-electron chi connectivity index (χ3n) is 3.16. The Bertz CT molecular complexity index is 602. The number of amides is 1. The van der Waals surface area contributed by atoms with Crippen molar-refractivity contribution in [2.45, 2.75) is 16.6 Å². The van der Waals surface area contributed by atoms with Crippen LogP contribution in [0.2, 0.25) is 0 Å². The van der Waals surface area contributed by atoms with Crippen molar-refractivity contribution in [2.75, 3.05) is 11.1 Å². The summed E-state index contributed by atoms with van der Waals surface area (Å²) < 4.78 is 0. The molecule has 0 spiro atoms. The molecule has 96 valence electrons. The highest BCUT2D eigenvalue weighted by Gasteiger charge is 2.28. The van der Waals surface area contributed by atoms with Gasteiger partial charge < -0.3 is 11.1 Å². The molecule has 0 radical (unpaired) electrons. The number of rotatable bonds is 2. The first kappa shape index (κ1) is 12.1. The second-order valence-corrected chi connectivity index (χ2v) is 5.74. The van der Waals surface area contributed by atoms with E-state index >= 15 is 0 Å². The first-order chi connectivity index (χ1) is 9.24. The Balaban J connectivity index is 1.72. The summed E-state index contributed by atoms with van der Waals surface area (Å²) in [5, 5.41) is 2.83. The van der Waals surface area contributed by atoms with Crippen molar-refractivity contribution in [3.05, 3.63) is 54.1 Å². The molecule has 0 fully saturated rings. The number of fused-ring (bicyclic) bond motifs is 1. The Morgan fingerprint density at radius 3 is 2.68 bits per heavy atom. The minimum absolute atomic E-state index is 0.0131. The van der Waals surface area contributed by atoms with Gasteiger partial charge in [0.15, 0.2) is 0 Å². The van der Waals surface area contributed by atoms with E-state index in [-0.39, 0.29) is 11.2 Å². The smallest absolute Gasteiger partial charge is 0.238 e. The van der Waals surface area contributed by atoms with Gasteiger partial charge in [-0.2, -0.15) is 0 Å². The summed E-state index contributed by atoms with van der Waals surface area (Å²) in [6, 6.07) is 15.5. The number of benzene rings is 2. The Labute approximate surface area is 116 Å². The van der Waals surface area contributed by atoms with E-state index in [1.807, 2.05) is 30.3 Å². The predicted molar refractivity (Wildman–Crippen MR) is 79.3 cm³/mol. The minimum atomic E-state index is -0.0722. The largest absolute Gasteiger partial charge is 0.397 e. The summed E-state index contributed by atoms with van der Waals surface area (Å²) in [6.07, 6.45) is 0.777. The Morgan fingerprint density at radius 1 is 1.16 bits per heavy atom. The lowest BCUT2D eigenvalue weighted by Crippen LogP contribution is -2.25. The van der Waals surface area contributed by atoms with E-state index in [1.54, 1.807) is 17.8 Å². The number of nitrogens with two attached hydrogens (primary N) is 1. The van der Waals surface area contributed by atoms with Crippen LogP contribution in [-0.4, -0.2) is 11.2 Å². The van der Waals surface area contributed by atoms with Gasteiger partial charge in [-0.3, -0.25) is 4.79 Å². The van der Waals surface area contributed by atoms with Crippen LogP contribution >= 0.6 is 11.8 Å². The van der Waals surface area contributed by atoms with Gasteiger partial charge >= 0.3 is 0 Å². The summed E-state index contributed by atoms with van der Waals surface area (Å²) in [7, 11) is 0. The molecule has 1 aliphatic heterocycles. The average molecular weight is 270 g/mol. The molecular weight excluding hydrogens is 256 g/mol. The first-order valence-corrected chi connectivity index (χ1v) is 7.02. The molecule has 0 bridgehead atoms. The van der Waals surface area contributed by atoms with Crippen LogP contribution in [0.5, 0.6) is 0 Å². The second kappa shape index (κ2) is 4.97. The number of carbonyl (C=O) groups excluding carboxylic acids is 1. The molecule has 1 aliphatic rings.